The fraction of sp³-hybridized carbons (Fsp3) is 0.867. The molecular weight excluding hydrogens is 254 g/mol. The lowest BCUT2D eigenvalue weighted by Gasteiger charge is -2.31. The molecule has 0 unspecified atom stereocenters. The second kappa shape index (κ2) is 7.07. The first-order valence-electron chi connectivity index (χ1n) is 7.97. The van der Waals surface area contributed by atoms with Gasteiger partial charge in [0, 0.05) is 17.9 Å². The van der Waals surface area contributed by atoms with E-state index in [1.165, 1.54) is 24.2 Å². The van der Waals surface area contributed by atoms with Crippen LogP contribution in [0.25, 0.3) is 0 Å². The number of imide groups is 1. The molecule has 0 aromatic heterocycles. The second-order valence-corrected chi connectivity index (χ2v) is 6.78. The smallest absolute Gasteiger partial charge is 0.321 e. The molecule has 5 nitrogen and oxygen atoms in total. The molecular formula is C15H28N3O2+. The molecule has 2 atom stereocenters. The van der Waals surface area contributed by atoms with Crippen molar-refractivity contribution < 1.29 is 14.5 Å². The maximum absolute atomic E-state index is 11.9. The van der Waals surface area contributed by atoms with Crippen molar-refractivity contribution in [1.29, 1.82) is 0 Å². The van der Waals surface area contributed by atoms with Crippen LogP contribution in [0.2, 0.25) is 0 Å². The highest BCUT2D eigenvalue weighted by Gasteiger charge is 2.27. The van der Waals surface area contributed by atoms with E-state index in [1.54, 1.807) is 0 Å². The Bertz CT molecular complexity index is 343. The molecule has 114 valence electrons. The van der Waals surface area contributed by atoms with E-state index in [9.17, 15) is 9.59 Å². The van der Waals surface area contributed by atoms with Gasteiger partial charge in [-0.2, -0.15) is 0 Å². The lowest BCUT2D eigenvalue weighted by atomic mass is 9.92. The maximum Gasteiger partial charge on any atom is 0.321 e. The summed E-state index contributed by atoms with van der Waals surface area (Å²) >= 11 is 0. The number of piperidine rings is 1. The minimum atomic E-state index is -0.320. The van der Waals surface area contributed by atoms with Crippen LogP contribution in [0.4, 0.5) is 4.79 Å². The van der Waals surface area contributed by atoms with Gasteiger partial charge in [-0.05, 0) is 19.3 Å². The summed E-state index contributed by atoms with van der Waals surface area (Å²) in [7, 11) is 0. The van der Waals surface area contributed by atoms with Gasteiger partial charge in [-0.1, -0.05) is 26.7 Å². The third-order valence-electron chi connectivity index (χ3n) is 4.43. The fourth-order valence-electron chi connectivity index (χ4n) is 3.76. The zero-order chi connectivity index (χ0) is 14.5. The van der Waals surface area contributed by atoms with Gasteiger partial charge in [0.25, 0.3) is 5.91 Å². The molecule has 0 spiro atoms. The molecule has 1 saturated carbocycles. The van der Waals surface area contributed by atoms with E-state index in [0.717, 1.165) is 25.9 Å². The molecule has 0 bridgehead atoms. The van der Waals surface area contributed by atoms with E-state index < -0.39 is 0 Å². The topological polar surface area (TPSA) is 62.6 Å². The third kappa shape index (κ3) is 4.78. The molecule has 0 radical (unpaired) electrons. The minimum absolute atomic E-state index is 0.156. The lowest BCUT2D eigenvalue weighted by molar-refractivity contribution is -0.904. The zero-order valence-electron chi connectivity index (χ0n) is 12.7. The lowest BCUT2D eigenvalue weighted by Crippen LogP contribution is -3.15. The summed E-state index contributed by atoms with van der Waals surface area (Å²) in [6.45, 7) is 6.94. The second-order valence-electron chi connectivity index (χ2n) is 6.78. The number of urea groups is 1. The SMILES string of the molecule is C[C@@H]1C[C@@H](C)C[NH+](CC(=O)NC(=O)NC2CCCC2)C1. The van der Waals surface area contributed by atoms with Crippen molar-refractivity contribution in [2.24, 2.45) is 11.8 Å². The van der Waals surface area contributed by atoms with Gasteiger partial charge in [0.2, 0.25) is 0 Å². The van der Waals surface area contributed by atoms with Crippen molar-refractivity contribution in [2.45, 2.75) is 52.0 Å². The number of quaternary nitrogens is 1. The van der Waals surface area contributed by atoms with Crippen LogP contribution in [0.1, 0.15) is 46.0 Å². The van der Waals surface area contributed by atoms with E-state index in [-0.39, 0.29) is 18.0 Å². The Morgan fingerprint density at radius 2 is 1.70 bits per heavy atom. The molecule has 3 N–H and O–H groups in total. The van der Waals surface area contributed by atoms with Gasteiger partial charge in [-0.25, -0.2) is 4.79 Å². The number of hydrogen-bond acceptors (Lipinski definition) is 2. The maximum atomic E-state index is 11.9. The Morgan fingerprint density at radius 3 is 2.30 bits per heavy atom. The molecule has 2 fully saturated rings. The molecule has 1 heterocycles. The van der Waals surface area contributed by atoms with E-state index in [1.807, 2.05) is 0 Å². The van der Waals surface area contributed by atoms with E-state index >= 15 is 0 Å². The molecule has 3 amide bonds. The van der Waals surface area contributed by atoms with Gasteiger partial charge in [-0.15, -0.1) is 0 Å². The summed E-state index contributed by atoms with van der Waals surface area (Å²) in [5.41, 5.74) is 0. The quantitative estimate of drug-likeness (QED) is 0.698. The number of nitrogens with one attached hydrogen (secondary N) is 3. The highest BCUT2D eigenvalue weighted by atomic mass is 16.2. The van der Waals surface area contributed by atoms with Crippen LogP contribution in [0.5, 0.6) is 0 Å². The molecule has 20 heavy (non-hydrogen) atoms. The van der Waals surface area contributed by atoms with Gasteiger partial charge < -0.3 is 10.2 Å². The average molecular weight is 282 g/mol. The van der Waals surface area contributed by atoms with Crippen LogP contribution in [0, 0.1) is 11.8 Å². The summed E-state index contributed by atoms with van der Waals surface area (Å²) in [5.74, 6) is 1.17. The monoisotopic (exact) mass is 282 g/mol. The Labute approximate surface area is 121 Å². The first-order valence-corrected chi connectivity index (χ1v) is 7.97. The van der Waals surface area contributed by atoms with Gasteiger partial charge in [0.1, 0.15) is 0 Å². The molecule has 1 aliphatic heterocycles. The van der Waals surface area contributed by atoms with Crippen molar-refractivity contribution in [2.75, 3.05) is 19.6 Å². The molecule has 1 saturated heterocycles. The largest absolute Gasteiger partial charge is 0.335 e. The van der Waals surface area contributed by atoms with Gasteiger partial charge in [0.15, 0.2) is 6.54 Å². The number of carbonyl (C=O) groups is 2. The van der Waals surface area contributed by atoms with Crippen molar-refractivity contribution in [3.8, 4) is 0 Å². The summed E-state index contributed by atoms with van der Waals surface area (Å²) in [6.07, 6.45) is 5.66. The third-order valence-corrected chi connectivity index (χ3v) is 4.43. The summed E-state index contributed by atoms with van der Waals surface area (Å²) in [6, 6.07) is -0.0652. The van der Waals surface area contributed by atoms with Crippen LogP contribution in [-0.4, -0.2) is 37.6 Å². The van der Waals surface area contributed by atoms with Crippen LogP contribution < -0.4 is 15.5 Å². The minimum Gasteiger partial charge on any atom is -0.335 e. The molecule has 2 aliphatic rings. The predicted octanol–water partition coefficient (Wildman–Crippen LogP) is 0.316. The number of likely N-dealkylation sites (tertiary alicyclic amines) is 1. The normalized spacial score (nSPS) is 31.0. The zero-order valence-corrected chi connectivity index (χ0v) is 12.7. The Kier molecular flexibility index (Phi) is 5.40. The molecule has 0 aromatic rings. The molecule has 5 heteroatoms. The van der Waals surface area contributed by atoms with E-state index in [4.69, 9.17) is 0 Å². The highest BCUT2D eigenvalue weighted by molar-refractivity contribution is 5.94. The predicted molar refractivity (Wildman–Crippen MR) is 77.4 cm³/mol. The van der Waals surface area contributed by atoms with Crippen molar-refractivity contribution >= 4 is 11.9 Å². The van der Waals surface area contributed by atoms with Crippen LogP contribution in [0.3, 0.4) is 0 Å². The first-order chi connectivity index (χ1) is 9.52. The summed E-state index contributed by atoms with van der Waals surface area (Å²) < 4.78 is 0. The van der Waals surface area contributed by atoms with Gasteiger partial charge in [0.05, 0.1) is 13.1 Å². The van der Waals surface area contributed by atoms with Gasteiger partial charge >= 0.3 is 6.03 Å². The number of hydrogen-bond donors (Lipinski definition) is 3. The van der Waals surface area contributed by atoms with Gasteiger partial charge in [-0.3, -0.25) is 10.1 Å². The van der Waals surface area contributed by atoms with Crippen molar-refractivity contribution in [1.82, 2.24) is 10.6 Å². The number of carbonyl (C=O) groups excluding carboxylic acids is 2. The Morgan fingerprint density at radius 1 is 1.10 bits per heavy atom. The van der Waals surface area contributed by atoms with Crippen LogP contribution in [0.15, 0.2) is 0 Å². The van der Waals surface area contributed by atoms with E-state index in [0.29, 0.717) is 18.4 Å². The summed E-state index contributed by atoms with van der Waals surface area (Å²) in [4.78, 5) is 24.9. The number of rotatable bonds is 3. The van der Waals surface area contributed by atoms with Crippen LogP contribution in [-0.2, 0) is 4.79 Å². The van der Waals surface area contributed by atoms with Crippen molar-refractivity contribution in [3.63, 3.8) is 0 Å². The average Bonchev–Trinajstić information content (AvgIpc) is 2.79. The van der Waals surface area contributed by atoms with E-state index in [2.05, 4.69) is 24.5 Å². The Balaban J connectivity index is 1.70. The summed E-state index contributed by atoms with van der Waals surface area (Å²) in [5, 5.41) is 5.36. The Hall–Kier alpha value is -1.10. The fourth-order valence-corrected chi connectivity index (χ4v) is 3.76. The standard InChI is InChI=1S/C15H27N3O2/c1-11-7-12(2)9-18(8-11)10-14(19)17-15(20)16-13-5-3-4-6-13/h11-13H,3-10H2,1-2H3,(H2,16,17,19,20)/p+1/t11-,12-/m1/s1. The molecule has 0 aromatic carbocycles. The van der Waals surface area contributed by atoms with Crippen LogP contribution >= 0.6 is 0 Å². The highest BCUT2D eigenvalue weighted by Crippen LogP contribution is 2.17. The number of amides is 3. The molecule has 2 rings (SSSR count). The first kappa shape index (κ1) is 15.3. The van der Waals surface area contributed by atoms with Crippen molar-refractivity contribution in [3.05, 3.63) is 0 Å². The molecule has 1 aliphatic carbocycles.